The predicted molar refractivity (Wildman–Crippen MR) is 51.7 cm³/mol. The summed E-state index contributed by atoms with van der Waals surface area (Å²) < 4.78 is 0. The number of hydrogen-bond donors (Lipinski definition) is 1. The molecule has 64 valence electrons. The van der Waals surface area contributed by atoms with Crippen molar-refractivity contribution in [1.82, 2.24) is 5.32 Å². The zero-order valence-electron chi connectivity index (χ0n) is 7.69. The maximum absolute atomic E-state index is 3.29. The van der Waals surface area contributed by atoms with Crippen LogP contribution in [-0.4, -0.2) is 13.1 Å². The number of nitrogens with one attached hydrogen (secondary N) is 1. The molecule has 0 unspecified atom stereocenters. The molecule has 0 aliphatic carbocycles. The summed E-state index contributed by atoms with van der Waals surface area (Å²) in [5, 5.41) is 3.29. The smallest absolute Gasteiger partial charge is 0.0137 e. The molecule has 1 heterocycles. The highest BCUT2D eigenvalue weighted by atomic mass is 14.8. The van der Waals surface area contributed by atoms with E-state index in [1.165, 1.54) is 13.0 Å². The standard InChI is InChI=1S/C8H15N.C2H4/c1-7(2)8-3-5-9-6-4-8;1-2/h3,7,9H,4-6H2,1-2H3;1-2H2. The average molecular weight is 153 g/mol. The van der Waals surface area contributed by atoms with E-state index in [-0.39, 0.29) is 0 Å². The lowest BCUT2D eigenvalue weighted by Crippen LogP contribution is -2.21. The predicted octanol–water partition coefficient (Wildman–Crippen LogP) is 2.36. The zero-order valence-corrected chi connectivity index (χ0v) is 7.69. The van der Waals surface area contributed by atoms with Crippen molar-refractivity contribution in [2.75, 3.05) is 13.1 Å². The van der Waals surface area contributed by atoms with E-state index < -0.39 is 0 Å². The molecule has 0 spiro atoms. The van der Waals surface area contributed by atoms with Crippen molar-refractivity contribution in [1.29, 1.82) is 0 Å². The van der Waals surface area contributed by atoms with Crippen molar-refractivity contribution in [2.24, 2.45) is 5.92 Å². The molecule has 0 saturated heterocycles. The average Bonchev–Trinajstić information content (AvgIpc) is 2.10. The van der Waals surface area contributed by atoms with Crippen LogP contribution in [0.15, 0.2) is 24.8 Å². The Morgan fingerprint density at radius 3 is 2.36 bits per heavy atom. The Kier molecular flexibility index (Phi) is 5.86. The second-order valence-electron chi connectivity index (χ2n) is 2.89. The minimum absolute atomic E-state index is 0.757. The van der Waals surface area contributed by atoms with E-state index in [4.69, 9.17) is 0 Å². The van der Waals surface area contributed by atoms with Gasteiger partial charge in [-0.2, -0.15) is 0 Å². The second kappa shape index (κ2) is 6.17. The van der Waals surface area contributed by atoms with Crippen LogP contribution in [0, 0.1) is 5.92 Å². The van der Waals surface area contributed by atoms with Gasteiger partial charge < -0.3 is 5.32 Å². The van der Waals surface area contributed by atoms with E-state index in [2.05, 4.69) is 38.4 Å². The first-order chi connectivity index (χ1) is 5.30. The van der Waals surface area contributed by atoms with Crippen molar-refractivity contribution in [3.63, 3.8) is 0 Å². The SMILES string of the molecule is C=C.CC(C)C1=CCNCC1. The van der Waals surface area contributed by atoms with Gasteiger partial charge in [0.1, 0.15) is 0 Å². The van der Waals surface area contributed by atoms with Crippen LogP contribution in [0.3, 0.4) is 0 Å². The monoisotopic (exact) mass is 153 g/mol. The Bertz CT molecular complexity index is 125. The fourth-order valence-corrected chi connectivity index (χ4v) is 1.16. The van der Waals surface area contributed by atoms with Crippen molar-refractivity contribution in [3.05, 3.63) is 24.8 Å². The highest BCUT2D eigenvalue weighted by molar-refractivity contribution is 5.08. The van der Waals surface area contributed by atoms with Gasteiger partial charge in [0.25, 0.3) is 0 Å². The first kappa shape index (κ1) is 10.4. The first-order valence-corrected chi connectivity index (χ1v) is 4.20. The molecule has 0 bridgehead atoms. The molecule has 0 aromatic heterocycles. The van der Waals surface area contributed by atoms with Crippen molar-refractivity contribution in [2.45, 2.75) is 20.3 Å². The molecule has 0 fully saturated rings. The van der Waals surface area contributed by atoms with Crippen LogP contribution in [-0.2, 0) is 0 Å². The van der Waals surface area contributed by atoms with E-state index in [9.17, 15) is 0 Å². The molecule has 0 aromatic rings. The molecule has 1 heteroatoms. The molecular formula is C10H19N. The second-order valence-corrected chi connectivity index (χ2v) is 2.89. The summed E-state index contributed by atoms with van der Waals surface area (Å²) in [6.45, 7) is 12.8. The molecule has 1 aliphatic rings. The Morgan fingerprint density at radius 2 is 2.09 bits per heavy atom. The quantitative estimate of drug-likeness (QED) is 0.570. The van der Waals surface area contributed by atoms with Crippen LogP contribution >= 0.6 is 0 Å². The first-order valence-electron chi connectivity index (χ1n) is 4.20. The van der Waals surface area contributed by atoms with E-state index in [1.807, 2.05) is 0 Å². The highest BCUT2D eigenvalue weighted by Crippen LogP contribution is 2.14. The molecule has 0 amide bonds. The molecule has 0 radical (unpaired) electrons. The lowest BCUT2D eigenvalue weighted by molar-refractivity contribution is 0.627. The molecule has 1 N–H and O–H groups in total. The Morgan fingerprint density at radius 1 is 1.45 bits per heavy atom. The van der Waals surface area contributed by atoms with Gasteiger partial charge in [-0.3, -0.25) is 0 Å². The maximum atomic E-state index is 3.29. The topological polar surface area (TPSA) is 12.0 Å². The summed E-state index contributed by atoms with van der Waals surface area (Å²) >= 11 is 0. The van der Waals surface area contributed by atoms with Gasteiger partial charge in [-0.1, -0.05) is 25.5 Å². The van der Waals surface area contributed by atoms with Gasteiger partial charge in [0.05, 0.1) is 0 Å². The Balaban J connectivity index is 0.000000461. The largest absolute Gasteiger partial charge is 0.313 e. The summed E-state index contributed by atoms with van der Waals surface area (Å²) in [6.07, 6.45) is 3.56. The van der Waals surface area contributed by atoms with E-state index in [0.29, 0.717) is 0 Å². The summed E-state index contributed by atoms with van der Waals surface area (Å²) in [5.41, 5.74) is 1.62. The zero-order chi connectivity index (χ0) is 8.69. The minimum Gasteiger partial charge on any atom is -0.313 e. The van der Waals surface area contributed by atoms with Gasteiger partial charge in [-0.05, 0) is 18.9 Å². The third-order valence-corrected chi connectivity index (χ3v) is 1.84. The van der Waals surface area contributed by atoms with Crippen LogP contribution in [0.4, 0.5) is 0 Å². The van der Waals surface area contributed by atoms with Crippen molar-refractivity contribution >= 4 is 0 Å². The summed E-state index contributed by atoms with van der Waals surface area (Å²) in [6, 6.07) is 0. The van der Waals surface area contributed by atoms with Gasteiger partial charge in [0.2, 0.25) is 0 Å². The van der Waals surface area contributed by atoms with Gasteiger partial charge in [0.15, 0.2) is 0 Å². The molecule has 1 aliphatic heterocycles. The van der Waals surface area contributed by atoms with E-state index in [0.717, 1.165) is 12.5 Å². The molecule has 1 nitrogen and oxygen atoms in total. The van der Waals surface area contributed by atoms with E-state index >= 15 is 0 Å². The van der Waals surface area contributed by atoms with Gasteiger partial charge >= 0.3 is 0 Å². The van der Waals surface area contributed by atoms with Crippen LogP contribution in [0.1, 0.15) is 20.3 Å². The fraction of sp³-hybridized carbons (Fsp3) is 0.600. The van der Waals surface area contributed by atoms with Gasteiger partial charge in [-0.25, -0.2) is 0 Å². The van der Waals surface area contributed by atoms with E-state index in [1.54, 1.807) is 5.57 Å². The third kappa shape index (κ3) is 3.99. The van der Waals surface area contributed by atoms with Crippen molar-refractivity contribution in [3.8, 4) is 0 Å². The molecule has 0 atom stereocenters. The lowest BCUT2D eigenvalue weighted by Gasteiger charge is -2.16. The summed E-state index contributed by atoms with van der Waals surface area (Å²) in [5.74, 6) is 0.757. The summed E-state index contributed by atoms with van der Waals surface area (Å²) in [7, 11) is 0. The van der Waals surface area contributed by atoms with Crippen LogP contribution in [0.25, 0.3) is 0 Å². The summed E-state index contributed by atoms with van der Waals surface area (Å²) in [4.78, 5) is 0. The maximum Gasteiger partial charge on any atom is 0.0137 e. The van der Waals surface area contributed by atoms with Crippen molar-refractivity contribution < 1.29 is 0 Å². The van der Waals surface area contributed by atoms with Gasteiger partial charge in [0, 0.05) is 6.54 Å². The minimum atomic E-state index is 0.757. The Labute approximate surface area is 70.2 Å². The molecular weight excluding hydrogens is 134 g/mol. The molecule has 0 saturated carbocycles. The van der Waals surface area contributed by atoms with Gasteiger partial charge in [-0.15, -0.1) is 13.2 Å². The normalized spacial score (nSPS) is 16.8. The Hall–Kier alpha value is -0.560. The molecule has 11 heavy (non-hydrogen) atoms. The third-order valence-electron chi connectivity index (χ3n) is 1.84. The van der Waals surface area contributed by atoms with Crippen LogP contribution < -0.4 is 5.32 Å². The van der Waals surface area contributed by atoms with Crippen LogP contribution in [0.5, 0.6) is 0 Å². The molecule has 0 aromatic carbocycles. The number of rotatable bonds is 1. The number of hydrogen-bond acceptors (Lipinski definition) is 1. The van der Waals surface area contributed by atoms with Crippen LogP contribution in [0.2, 0.25) is 0 Å². The fourth-order valence-electron chi connectivity index (χ4n) is 1.16. The molecule has 1 rings (SSSR count). The highest BCUT2D eigenvalue weighted by Gasteiger charge is 2.04. The lowest BCUT2D eigenvalue weighted by atomic mass is 9.98.